The Hall–Kier alpha value is -2.34. The van der Waals surface area contributed by atoms with Gasteiger partial charge in [-0.2, -0.15) is 0 Å². The molecule has 126 valence electrons. The number of hydrogen-bond donors (Lipinski definition) is 0. The normalized spacial score (nSPS) is 16.0. The number of pyridine rings is 1. The van der Waals surface area contributed by atoms with Gasteiger partial charge in [0.1, 0.15) is 0 Å². The molecule has 1 aliphatic rings. The second-order valence-corrected chi connectivity index (χ2v) is 6.20. The van der Waals surface area contributed by atoms with Crippen LogP contribution < -0.4 is 0 Å². The lowest BCUT2D eigenvalue weighted by Gasteiger charge is -2.21. The van der Waals surface area contributed by atoms with Crippen molar-refractivity contribution in [2.24, 2.45) is 0 Å². The number of aryl methyl sites for hydroxylation is 1. The average Bonchev–Trinajstić information content (AvgIpc) is 2.83. The first kappa shape index (κ1) is 16.5. The summed E-state index contributed by atoms with van der Waals surface area (Å²) < 4.78 is 0. The van der Waals surface area contributed by atoms with E-state index < -0.39 is 0 Å². The van der Waals surface area contributed by atoms with Crippen LogP contribution in [0.1, 0.15) is 23.4 Å². The van der Waals surface area contributed by atoms with Gasteiger partial charge in [0.25, 0.3) is 0 Å². The first-order chi connectivity index (χ1) is 11.7. The van der Waals surface area contributed by atoms with Gasteiger partial charge in [-0.05, 0) is 25.0 Å². The smallest absolute Gasteiger partial charge is 0.227 e. The van der Waals surface area contributed by atoms with Crippen molar-refractivity contribution in [3.63, 3.8) is 0 Å². The molecular formula is C18H23N5O. The minimum absolute atomic E-state index is 0.181. The first-order valence-electron chi connectivity index (χ1n) is 8.37. The van der Waals surface area contributed by atoms with Crippen LogP contribution in [0.4, 0.5) is 0 Å². The van der Waals surface area contributed by atoms with Crippen LogP contribution in [0, 0.1) is 6.92 Å². The molecular weight excluding hydrogens is 302 g/mol. The summed E-state index contributed by atoms with van der Waals surface area (Å²) in [5, 5.41) is 0. The van der Waals surface area contributed by atoms with E-state index in [0.717, 1.165) is 56.1 Å². The average molecular weight is 325 g/mol. The Kier molecular flexibility index (Phi) is 5.48. The first-order valence-corrected chi connectivity index (χ1v) is 8.37. The summed E-state index contributed by atoms with van der Waals surface area (Å²) in [4.78, 5) is 29.6. The lowest BCUT2D eigenvalue weighted by Crippen LogP contribution is -2.36. The van der Waals surface area contributed by atoms with Gasteiger partial charge in [0.2, 0.25) is 5.91 Å². The molecule has 0 aliphatic carbocycles. The van der Waals surface area contributed by atoms with E-state index in [2.05, 4.69) is 19.9 Å². The van der Waals surface area contributed by atoms with Crippen LogP contribution in [0.15, 0.2) is 36.9 Å². The van der Waals surface area contributed by atoms with Crippen molar-refractivity contribution >= 4 is 5.91 Å². The number of rotatable bonds is 4. The molecule has 24 heavy (non-hydrogen) atoms. The molecule has 2 aromatic rings. The molecule has 1 amide bonds. The predicted molar refractivity (Wildman–Crippen MR) is 91.2 cm³/mol. The second kappa shape index (κ2) is 7.97. The van der Waals surface area contributed by atoms with Gasteiger partial charge in [-0.25, -0.2) is 0 Å². The summed E-state index contributed by atoms with van der Waals surface area (Å²) in [6.07, 6.45) is 8.54. The molecule has 0 N–H and O–H groups in total. The molecule has 0 bridgehead atoms. The highest BCUT2D eigenvalue weighted by molar-refractivity contribution is 5.78. The summed E-state index contributed by atoms with van der Waals surface area (Å²) in [5.74, 6) is 0.181. The van der Waals surface area contributed by atoms with Crippen molar-refractivity contribution in [2.75, 3.05) is 26.2 Å². The molecule has 1 saturated heterocycles. The molecule has 1 aliphatic heterocycles. The molecule has 1 fully saturated rings. The molecule has 3 heterocycles. The highest BCUT2D eigenvalue weighted by atomic mass is 16.2. The fraction of sp³-hybridized carbons (Fsp3) is 0.444. The van der Waals surface area contributed by atoms with Gasteiger partial charge in [-0.15, -0.1) is 0 Å². The van der Waals surface area contributed by atoms with Crippen LogP contribution in [0.3, 0.4) is 0 Å². The fourth-order valence-corrected chi connectivity index (χ4v) is 2.90. The molecule has 0 atom stereocenters. The predicted octanol–water partition coefficient (Wildman–Crippen LogP) is 1.46. The summed E-state index contributed by atoms with van der Waals surface area (Å²) in [6.45, 7) is 6.15. The Balaban J connectivity index is 1.52. The number of carbonyl (C=O) groups excluding carboxylic acids is 1. The largest absolute Gasteiger partial charge is 0.341 e. The summed E-state index contributed by atoms with van der Waals surface area (Å²) in [7, 11) is 0. The zero-order valence-electron chi connectivity index (χ0n) is 14.1. The molecule has 3 rings (SSSR count). The topological polar surface area (TPSA) is 62.2 Å². The van der Waals surface area contributed by atoms with Gasteiger partial charge in [-0.3, -0.25) is 24.6 Å². The van der Waals surface area contributed by atoms with Crippen molar-refractivity contribution in [3.8, 4) is 0 Å². The monoisotopic (exact) mass is 325 g/mol. The SMILES string of the molecule is Cc1cnc(CN2CCCN(C(=O)Cc3cccnc3)CC2)cn1. The van der Waals surface area contributed by atoms with Crippen LogP contribution in [0.25, 0.3) is 0 Å². The van der Waals surface area contributed by atoms with Gasteiger partial charge in [0.05, 0.1) is 17.8 Å². The molecule has 0 saturated carbocycles. The molecule has 2 aromatic heterocycles. The van der Waals surface area contributed by atoms with Crippen molar-refractivity contribution in [2.45, 2.75) is 26.3 Å². The molecule has 0 unspecified atom stereocenters. The Labute approximate surface area is 142 Å². The van der Waals surface area contributed by atoms with E-state index in [0.29, 0.717) is 6.42 Å². The van der Waals surface area contributed by atoms with E-state index in [9.17, 15) is 4.79 Å². The van der Waals surface area contributed by atoms with Crippen LogP contribution in [-0.2, 0) is 17.8 Å². The number of amides is 1. The van der Waals surface area contributed by atoms with Crippen molar-refractivity contribution in [1.82, 2.24) is 24.8 Å². The minimum atomic E-state index is 0.181. The van der Waals surface area contributed by atoms with Crippen molar-refractivity contribution in [1.29, 1.82) is 0 Å². The lowest BCUT2D eigenvalue weighted by molar-refractivity contribution is -0.130. The number of nitrogens with zero attached hydrogens (tertiary/aromatic N) is 5. The third kappa shape index (κ3) is 4.58. The molecule has 6 heteroatoms. The molecule has 0 spiro atoms. The van der Waals surface area contributed by atoms with Crippen LogP contribution in [0.2, 0.25) is 0 Å². The maximum absolute atomic E-state index is 12.5. The van der Waals surface area contributed by atoms with E-state index in [-0.39, 0.29) is 5.91 Å². The number of aromatic nitrogens is 3. The highest BCUT2D eigenvalue weighted by Gasteiger charge is 2.19. The standard InChI is InChI=1S/C18H23N5O/c1-15-11-21-17(13-20-15)14-22-6-3-7-23(9-8-22)18(24)10-16-4-2-5-19-12-16/h2,4-5,11-13H,3,6-10,14H2,1H3. The lowest BCUT2D eigenvalue weighted by atomic mass is 10.2. The third-order valence-corrected chi connectivity index (χ3v) is 4.24. The maximum Gasteiger partial charge on any atom is 0.227 e. The molecule has 0 radical (unpaired) electrons. The van der Waals surface area contributed by atoms with E-state index in [1.807, 2.05) is 30.2 Å². The fourth-order valence-electron chi connectivity index (χ4n) is 2.90. The van der Waals surface area contributed by atoms with Gasteiger partial charge < -0.3 is 4.90 Å². The van der Waals surface area contributed by atoms with Crippen molar-refractivity contribution in [3.05, 3.63) is 53.9 Å². The zero-order chi connectivity index (χ0) is 16.8. The summed E-state index contributed by atoms with van der Waals surface area (Å²) in [6, 6.07) is 3.82. The van der Waals surface area contributed by atoms with E-state index >= 15 is 0 Å². The minimum Gasteiger partial charge on any atom is -0.341 e. The summed E-state index contributed by atoms with van der Waals surface area (Å²) in [5.41, 5.74) is 2.89. The van der Waals surface area contributed by atoms with Crippen LogP contribution in [-0.4, -0.2) is 56.8 Å². The van der Waals surface area contributed by atoms with Crippen molar-refractivity contribution < 1.29 is 4.79 Å². The number of hydrogen-bond acceptors (Lipinski definition) is 5. The molecule has 6 nitrogen and oxygen atoms in total. The number of carbonyl (C=O) groups is 1. The van der Waals surface area contributed by atoms with Gasteiger partial charge in [-0.1, -0.05) is 6.07 Å². The Morgan fingerprint density at radius 2 is 2.04 bits per heavy atom. The quantitative estimate of drug-likeness (QED) is 0.851. The Bertz CT molecular complexity index is 659. The summed E-state index contributed by atoms with van der Waals surface area (Å²) >= 11 is 0. The van der Waals surface area contributed by atoms with Gasteiger partial charge >= 0.3 is 0 Å². The van der Waals surface area contributed by atoms with Crippen LogP contribution >= 0.6 is 0 Å². The zero-order valence-corrected chi connectivity index (χ0v) is 14.1. The maximum atomic E-state index is 12.5. The highest BCUT2D eigenvalue weighted by Crippen LogP contribution is 2.09. The Morgan fingerprint density at radius 3 is 2.79 bits per heavy atom. The second-order valence-electron chi connectivity index (χ2n) is 6.20. The van der Waals surface area contributed by atoms with Gasteiger partial charge in [0, 0.05) is 57.5 Å². The van der Waals surface area contributed by atoms with Crippen LogP contribution in [0.5, 0.6) is 0 Å². The Morgan fingerprint density at radius 1 is 1.12 bits per heavy atom. The third-order valence-electron chi connectivity index (χ3n) is 4.24. The van der Waals surface area contributed by atoms with E-state index in [1.54, 1.807) is 18.6 Å². The molecule has 0 aromatic carbocycles. The van der Waals surface area contributed by atoms with E-state index in [1.165, 1.54) is 0 Å². The van der Waals surface area contributed by atoms with E-state index in [4.69, 9.17) is 0 Å². The van der Waals surface area contributed by atoms with Gasteiger partial charge in [0.15, 0.2) is 0 Å².